The normalized spacial score (nSPS) is 11.4. The van der Waals surface area contributed by atoms with Gasteiger partial charge in [-0.25, -0.2) is 0 Å². The van der Waals surface area contributed by atoms with Crippen molar-refractivity contribution < 1.29 is 0 Å². The molecule has 0 radical (unpaired) electrons. The molecule has 1 heteroatoms. The number of fused-ring (bicyclic) bond motifs is 1. The molecule has 1 aromatic carbocycles. The first-order chi connectivity index (χ1) is 5.90. The predicted molar refractivity (Wildman–Crippen MR) is 53.0 cm³/mol. The van der Waals surface area contributed by atoms with Gasteiger partial charge < -0.3 is 4.98 Å². The van der Waals surface area contributed by atoms with Gasteiger partial charge in [0.1, 0.15) is 0 Å². The average molecular weight is 157 g/mol. The van der Waals surface area contributed by atoms with E-state index in [9.17, 15) is 0 Å². The lowest BCUT2D eigenvalue weighted by Crippen LogP contribution is -1.71. The maximum absolute atomic E-state index is 3.16. The van der Waals surface area contributed by atoms with Crippen molar-refractivity contribution in [2.75, 3.05) is 0 Å². The van der Waals surface area contributed by atoms with E-state index in [4.69, 9.17) is 0 Å². The standard InChI is InChI=1S/C11H11N/c1-2-3-9-4-5-11-10(8-9)6-7-12-11/h2-8,12H,1H3/b3-2-. The Morgan fingerprint density at radius 1 is 1.25 bits per heavy atom. The van der Waals surface area contributed by atoms with Crippen molar-refractivity contribution in [2.45, 2.75) is 6.92 Å². The van der Waals surface area contributed by atoms with E-state index in [1.54, 1.807) is 0 Å². The zero-order valence-corrected chi connectivity index (χ0v) is 7.04. The molecule has 0 aliphatic heterocycles. The molecule has 60 valence electrons. The van der Waals surface area contributed by atoms with Crippen LogP contribution in [0.4, 0.5) is 0 Å². The third-order valence-electron chi connectivity index (χ3n) is 1.94. The smallest absolute Gasteiger partial charge is 0.0454 e. The fourth-order valence-electron chi connectivity index (χ4n) is 1.37. The fourth-order valence-corrected chi connectivity index (χ4v) is 1.37. The van der Waals surface area contributed by atoms with Gasteiger partial charge in [-0.05, 0) is 36.1 Å². The van der Waals surface area contributed by atoms with Gasteiger partial charge in [-0.1, -0.05) is 18.2 Å². The van der Waals surface area contributed by atoms with E-state index in [1.165, 1.54) is 16.5 Å². The molecule has 1 aromatic heterocycles. The van der Waals surface area contributed by atoms with Crippen molar-refractivity contribution in [1.29, 1.82) is 0 Å². The average Bonchev–Trinajstić information content (AvgIpc) is 2.51. The number of aromatic amines is 1. The van der Waals surface area contributed by atoms with Crippen LogP contribution in [0.3, 0.4) is 0 Å². The van der Waals surface area contributed by atoms with Crippen molar-refractivity contribution in [1.82, 2.24) is 4.98 Å². The number of hydrogen-bond acceptors (Lipinski definition) is 0. The first-order valence-electron chi connectivity index (χ1n) is 4.10. The van der Waals surface area contributed by atoms with E-state index in [0.29, 0.717) is 0 Å². The Labute approximate surface area is 71.7 Å². The van der Waals surface area contributed by atoms with Crippen molar-refractivity contribution in [3.05, 3.63) is 42.1 Å². The molecule has 1 N–H and O–H groups in total. The molecule has 1 nitrogen and oxygen atoms in total. The molecule has 0 aliphatic rings. The summed E-state index contributed by atoms with van der Waals surface area (Å²) in [5.41, 5.74) is 2.45. The minimum absolute atomic E-state index is 1.20. The molecule has 1 heterocycles. The monoisotopic (exact) mass is 157 g/mol. The van der Waals surface area contributed by atoms with E-state index in [0.717, 1.165) is 0 Å². The molecule has 12 heavy (non-hydrogen) atoms. The van der Waals surface area contributed by atoms with Gasteiger partial charge in [0, 0.05) is 11.7 Å². The molecule has 0 saturated heterocycles. The molecule has 0 bridgehead atoms. The number of H-pyrrole nitrogens is 1. The van der Waals surface area contributed by atoms with Crippen LogP contribution in [0.1, 0.15) is 12.5 Å². The van der Waals surface area contributed by atoms with Gasteiger partial charge in [0.05, 0.1) is 0 Å². The second-order valence-corrected chi connectivity index (χ2v) is 2.82. The van der Waals surface area contributed by atoms with E-state index in [1.807, 2.05) is 19.2 Å². The van der Waals surface area contributed by atoms with Crippen LogP contribution in [0.15, 0.2) is 36.5 Å². The first kappa shape index (κ1) is 7.17. The van der Waals surface area contributed by atoms with E-state index >= 15 is 0 Å². The summed E-state index contributed by atoms with van der Waals surface area (Å²) in [4.78, 5) is 3.16. The molecule has 2 rings (SSSR count). The molecule has 0 saturated carbocycles. The van der Waals surface area contributed by atoms with Crippen molar-refractivity contribution in [3.63, 3.8) is 0 Å². The molecule has 0 unspecified atom stereocenters. The van der Waals surface area contributed by atoms with Gasteiger partial charge in [0.15, 0.2) is 0 Å². The molecular weight excluding hydrogens is 146 g/mol. The third-order valence-corrected chi connectivity index (χ3v) is 1.94. The molecular formula is C11H11N. The number of rotatable bonds is 1. The zero-order chi connectivity index (χ0) is 8.39. The van der Waals surface area contributed by atoms with Crippen LogP contribution in [-0.4, -0.2) is 4.98 Å². The number of aromatic nitrogens is 1. The highest BCUT2D eigenvalue weighted by Gasteiger charge is 1.92. The van der Waals surface area contributed by atoms with Crippen LogP contribution >= 0.6 is 0 Å². The predicted octanol–water partition coefficient (Wildman–Crippen LogP) is 3.20. The van der Waals surface area contributed by atoms with Crippen molar-refractivity contribution in [3.8, 4) is 0 Å². The number of benzene rings is 1. The lowest BCUT2D eigenvalue weighted by atomic mass is 10.1. The van der Waals surface area contributed by atoms with Gasteiger partial charge in [0.25, 0.3) is 0 Å². The lowest BCUT2D eigenvalue weighted by Gasteiger charge is -1.92. The Morgan fingerprint density at radius 3 is 3.00 bits per heavy atom. The first-order valence-corrected chi connectivity index (χ1v) is 4.10. The van der Waals surface area contributed by atoms with Crippen LogP contribution in [0.2, 0.25) is 0 Å². The Hall–Kier alpha value is -1.50. The summed E-state index contributed by atoms with van der Waals surface area (Å²) in [5, 5.41) is 1.27. The molecule has 0 atom stereocenters. The molecule has 0 spiro atoms. The highest BCUT2D eigenvalue weighted by atomic mass is 14.7. The third kappa shape index (κ3) is 1.14. The molecule has 0 fully saturated rings. The zero-order valence-electron chi connectivity index (χ0n) is 7.04. The van der Waals surface area contributed by atoms with E-state index < -0.39 is 0 Å². The van der Waals surface area contributed by atoms with Gasteiger partial charge in [-0.15, -0.1) is 0 Å². The van der Waals surface area contributed by atoms with Crippen molar-refractivity contribution in [2.24, 2.45) is 0 Å². The summed E-state index contributed by atoms with van der Waals surface area (Å²) in [6.45, 7) is 2.03. The number of hydrogen-bond donors (Lipinski definition) is 1. The fraction of sp³-hybridized carbons (Fsp3) is 0.0909. The minimum Gasteiger partial charge on any atom is -0.361 e. The van der Waals surface area contributed by atoms with E-state index in [2.05, 4.69) is 35.3 Å². The van der Waals surface area contributed by atoms with Crippen LogP contribution in [-0.2, 0) is 0 Å². The lowest BCUT2D eigenvalue weighted by molar-refractivity contribution is 1.48. The summed E-state index contributed by atoms with van der Waals surface area (Å²) in [5.74, 6) is 0. The maximum Gasteiger partial charge on any atom is 0.0454 e. The Morgan fingerprint density at radius 2 is 2.17 bits per heavy atom. The second-order valence-electron chi connectivity index (χ2n) is 2.82. The summed E-state index contributed by atoms with van der Waals surface area (Å²) >= 11 is 0. The van der Waals surface area contributed by atoms with Crippen LogP contribution in [0.25, 0.3) is 17.0 Å². The van der Waals surface area contributed by atoms with Gasteiger partial charge >= 0.3 is 0 Å². The Balaban J connectivity index is 2.60. The largest absolute Gasteiger partial charge is 0.361 e. The van der Waals surface area contributed by atoms with Crippen LogP contribution < -0.4 is 0 Å². The number of nitrogens with one attached hydrogen (secondary N) is 1. The van der Waals surface area contributed by atoms with Crippen LogP contribution in [0, 0.1) is 0 Å². The minimum atomic E-state index is 1.20. The highest BCUT2D eigenvalue weighted by Crippen LogP contribution is 2.14. The Bertz CT molecular complexity index is 410. The van der Waals surface area contributed by atoms with Gasteiger partial charge in [0.2, 0.25) is 0 Å². The van der Waals surface area contributed by atoms with Gasteiger partial charge in [-0.3, -0.25) is 0 Å². The van der Waals surface area contributed by atoms with Gasteiger partial charge in [-0.2, -0.15) is 0 Å². The van der Waals surface area contributed by atoms with Crippen LogP contribution in [0.5, 0.6) is 0 Å². The summed E-state index contributed by atoms with van der Waals surface area (Å²) < 4.78 is 0. The molecule has 0 amide bonds. The van der Waals surface area contributed by atoms with E-state index in [-0.39, 0.29) is 0 Å². The summed E-state index contributed by atoms with van der Waals surface area (Å²) in [6, 6.07) is 8.47. The Kier molecular flexibility index (Phi) is 1.71. The summed E-state index contributed by atoms with van der Waals surface area (Å²) in [7, 11) is 0. The maximum atomic E-state index is 3.16. The molecule has 0 aliphatic carbocycles. The SMILES string of the molecule is C/C=C\c1ccc2[nH]ccc2c1. The van der Waals surface area contributed by atoms with Crippen molar-refractivity contribution >= 4 is 17.0 Å². The topological polar surface area (TPSA) is 15.8 Å². The quantitative estimate of drug-likeness (QED) is 0.654. The summed E-state index contributed by atoms with van der Waals surface area (Å²) in [6.07, 6.45) is 6.12. The number of allylic oxidation sites excluding steroid dienone is 1. The highest BCUT2D eigenvalue weighted by molar-refractivity contribution is 5.81. The second kappa shape index (κ2) is 2.86. The molecule has 2 aromatic rings.